The predicted octanol–water partition coefficient (Wildman–Crippen LogP) is 3.66. The number of rotatable bonds is 5. The van der Waals surface area contributed by atoms with Crippen LogP contribution in [0.15, 0.2) is 53.9 Å². The van der Waals surface area contributed by atoms with Gasteiger partial charge in [-0.3, -0.25) is 4.79 Å². The van der Waals surface area contributed by atoms with Crippen LogP contribution >= 0.6 is 0 Å². The molecule has 2 aromatic carbocycles. The van der Waals surface area contributed by atoms with E-state index < -0.39 is 15.9 Å². The van der Waals surface area contributed by atoms with Crippen LogP contribution in [0.5, 0.6) is 5.75 Å². The minimum atomic E-state index is -3.30. The number of nitrogens with zero attached hydrogens (tertiary/aromatic N) is 1. The van der Waals surface area contributed by atoms with Gasteiger partial charge in [0, 0.05) is 16.7 Å². The van der Waals surface area contributed by atoms with Crippen LogP contribution in [0.25, 0.3) is 0 Å². The molecule has 1 amide bonds. The molecule has 0 unspecified atom stereocenters. The SMILES string of the molecule is CCOc1ccc(N(C(=O)c2cc(C)cc(C)c2)[C@@H]2C=CS(=O)(=O)C2)cc1. The Labute approximate surface area is 160 Å². The molecule has 6 heteroatoms. The Morgan fingerprint density at radius 2 is 1.74 bits per heavy atom. The molecule has 1 aliphatic rings. The van der Waals surface area contributed by atoms with Crippen molar-refractivity contribution in [2.75, 3.05) is 17.3 Å². The number of ether oxygens (including phenoxy) is 1. The van der Waals surface area contributed by atoms with Gasteiger partial charge in [-0.2, -0.15) is 0 Å². The van der Waals surface area contributed by atoms with Crippen molar-refractivity contribution in [1.29, 1.82) is 0 Å². The number of hydrogen-bond acceptors (Lipinski definition) is 4. The summed E-state index contributed by atoms with van der Waals surface area (Å²) in [6.07, 6.45) is 1.58. The van der Waals surface area contributed by atoms with Crippen molar-refractivity contribution in [3.05, 3.63) is 70.6 Å². The van der Waals surface area contributed by atoms with Crippen LogP contribution < -0.4 is 9.64 Å². The minimum absolute atomic E-state index is 0.114. The molecule has 0 aliphatic carbocycles. The van der Waals surface area contributed by atoms with Gasteiger partial charge in [-0.1, -0.05) is 17.2 Å². The number of carbonyl (C=O) groups is 1. The maximum absolute atomic E-state index is 13.3. The van der Waals surface area contributed by atoms with E-state index in [1.54, 1.807) is 35.2 Å². The lowest BCUT2D eigenvalue weighted by Crippen LogP contribution is -2.41. The zero-order valence-corrected chi connectivity index (χ0v) is 16.5. The third kappa shape index (κ3) is 4.39. The molecule has 142 valence electrons. The average Bonchev–Trinajstić information content (AvgIpc) is 2.95. The first-order chi connectivity index (χ1) is 12.8. The summed E-state index contributed by atoms with van der Waals surface area (Å²) in [5.41, 5.74) is 3.15. The molecule has 0 saturated heterocycles. The second kappa shape index (κ2) is 7.56. The highest BCUT2D eigenvalue weighted by Crippen LogP contribution is 2.27. The van der Waals surface area contributed by atoms with Gasteiger partial charge in [0.05, 0.1) is 18.4 Å². The Bertz CT molecular complexity index is 957. The summed E-state index contributed by atoms with van der Waals surface area (Å²) in [6, 6.07) is 12.2. The van der Waals surface area contributed by atoms with Gasteiger partial charge in [0.25, 0.3) is 5.91 Å². The van der Waals surface area contributed by atoms with E-state index in [1.807, 2.05) is 39.0 Å². The van der Waals surface area contributed by atoms with Crippen molar-refractivity contribution in [2.45, 2.75) is 26.8 Å². The van der Waals surface area contributed by atoms with E-state index in [0.717, 1.165) is 11.1 Å². The maximum atomic E-state index is 13.3. The van der Waals surface area contributed by atoms with E-state index in [-0.39, 0.29) is 11.7 Å². The third-order valence-corrected chi connectivity index (χ3v) is 5.73. The molecule has 5 nitrogen and oxygen atoms in total. The first-order valence-electron chi connectivity index (χ1n) is 8.85. The van der Waals surface area contributed by atoms with Gasteiger partial charge in [0.1, 0.15) is 5.75 Å². The Kier molecular flexibility index (Phi) is 5.37. The van der Waals surface area contributed by atoms with Gasteiger partial charge in [-0.15, -0.1) is 0 Å². The van der Waals surface area contributed by atoms with Crippen molar-refractivity contribution < 1.29 is 17.9 Å². The topological polar surface area (TPSA) is 63.7 Å². The summed E-state index contributed by atoms with van der Waals surface area (Å²) in [6.45, 7) is 6.32. The molecule has 0 saturated carbocycles. The van der Waals surface area contributed by atoms with Crippen LogP contribution in [0.3, 0.4) is 0 Å². The summed E-state index contributed by atoms with van der Waals surface area (Å²) in [5.74, 6) is 0.365. The number of aryl methyl sites for hydroxylation is 2. The van der Waals surface area contributed by atoms with Crippen molar-refractivity contribution in [3.63, 3.8) is 0 Å². The lowest BCUT2D eigenvalue weighted by molar-refractivity contribution is 0.0983. The van der Waals surface area contributed by atoms with Gasteiger partial charge in [0.2, 0.25) is 0 Å². The fourth-order valence-corrected chi connectivity index (χ4v) is 4.55. The van der Waals surface area contributed by atoms with E-state index in [0.29, 0.717) is 23.6 Å². The van der Waals surface area contributed by atoms with Crippen molar-refractivity contribution >= 4 is 21.4 Å². The first-order valence-corrected chi connectivity index (χ1v) is 10.6. The van der Waals surface area contributed by atoms with Gasteiger partial charge in [0.15, 0.2) is 9.84 Å². The molecule has 2 aromatic rings. The summed E-state index contributed by atoms with van der Waals surface area (Å²) >= 11 is 0. The highest BCUT2D eigenvalue weighted by atomic mass is 32.2. The Hall–Kier alpha value is -2.60. The largest absolute Gasteiger partial charge is 0.494 e. The van der Waals surface area contributed by atoms with Gasteiger partial charge in [-0.05, 0) is 63.2 Å². The zero-order valence-electron chi connectivity index (χ0n) is 15.7. The van der Waals surface area contributed by atoms with Crippen molar-refractivity contribution in [1.82, 2.24) is 0 Å². The fourth-order valence-electron chi connectivity index (χ4n) is 3.29. The summed E-state index contributed by atoms with van der Waals surface area (Å²) in [7, 11) is -3.30. The minimum Gasteiger partial charge on any atom is -0.494 e. The Balaban J connectivity index is 2.02. The molecule has 1 atom stereocenters. The normalized spacial score (nSPS) is 17.7. The number of carbonyl (C=O) groups excluding carboxylic acids is 1. The molecule has 3 rings (SSSR count). The average molecular weight is 385 g/mol. The fraction of sp³-hybridized carbons (Fsp3) is 0.286. The van der Waals surface area contributed by atoms with Crippen LogP contribution in [0.2, 0.25) is 0 Å². The molecule has 0 aromatic heterocycles. The predicted molar refractivity (Wildman–Crippen MR) is 107 cm³/mol. The van der Waals surface area contributed by atoms with E-state index in [9.17, 15) is 13.2 Å². The van der Waals surface area contributed by atoms with Crippen LogP contribution in [0.1, 0.15) is 28.4 Å². The number of hydrogen-bond donors (Lipinski definition) is 0. The molecule has 0 fully saturated rings. The lowest BCUT2D eigenvalue weighted by atomic mass is 10.0. The quantitative estimate of drug-likeness (QED) is 0.788. The summed E-state index contributed by atoms with van der Waals surface area (Å²) in [4.78, 5) is 14.9. The highest BCUT2D eigenvalue weighted by Gasteiger charge is 2.32. The monoisotopic (exact) mass is 385 g/mol. The number of sulfone groups is 1. The maximum Gasteiger partial charge on any atom is 0.258 e. The summed E-state index contributed by atoms with van der Waals surface area (Å²) < 4.78 is 29.3. The standard InChI is InChI=1S/C21H23NO4S/c1-4-26-20-7-5-18(6-8-20)22(19-9-10-27(24,25)14-19)21(23)17-12-15(2)11-16(3)13-17/h5-13,19H,4,14H2,1-3H3/t19-/m1/s1. The molecule has 27 heavy (non-hydrogen) atoms. The second-order valence-electron chi connectivity index (χ2n) is 6.70. The molecule has 0 spiro atoms. The molecule has 0 radical (unpaired) electrons. The van der Waals surface area contributed by atoms with Crippen LogP contribution in [0, 0.1) is 13.8 Å². The molecule has 1 heterocycles. The molecule has 0 bridgehead atoms. The first kappa shape index (κ1) is 19.2. The number of amides is 1. The highest BCUT2D eigenvalue weighted by molar-refractivity contribution is 7.94. The Morgan fingerprint density at radius 3 is 2.26 bits per heavy atom. The second-order valence-corrected chi connectivity index (χ2v) is 8.64. The molecule has 0 N–H and O–H groups in total. The smallest absolute Gasteiger partial charge is 0.258 e. The zero-order chi connectivity index (χ0) is 19.6. The van der Waals surface area contributed by atoms with Crippen molar-refractivity contribution in [2.24, 2.45) is 0 Å². The number of anilines is 1. The van der Waals surface area contributed by atoms with Crippen LogP contribution in [-0.4, -0.2) is 32.7 Å². The van der Waals surface area contributed by atoms with E-state index in [1.165, 1.54) is 5.41 Å². The van der Waals surface area contributed by atoms with E-state index >= 15 is 0 Å². The van der Waals surface area contributed by atoms with Crippen LogP contribution in [-0.2, 0) is 9.84 Å². The molecular formula is C21H23NO4S. The lowest BCUT2D eigenvalue weighted by Gasteiger charge is -2.28. The molecule has 1 aliphatic heterocycles. The van der Waals surface area contributed by atoms with E-state index in [2.05, 4.69) is 0 Å². The van der Waals surface area contributed by atoms with Gasteiger partial charge in [-0.25, -0.2) is 8.42 Å². The van der Waals surface area contributed by atoms with Crippen molar-refractivity contribution in [3.8, 4) is 5.75 Å². The van der Waals surface area contributed by atoms with Gasteiger partial charge < -0.3 is 9.64 Å². The third-order valence-electron chi connectivity index (χ3n) is 4.36. The Morgan fingerprint density at radius 1 is 1.11 bits per heavy atom. The van der Waals surface area contributed by atoms with Gasteiger partial charge >= 0.3 is 0 Å². The van der Waals surface area contributed by atoms with E-state index in [4.69, 9.17) is 4.74 Å². The number of benzene rings is 2. The molecular weight excluding hydrogens is 362 g/mol. The van der Waals surface area contributed by atoms with Crippen LogP contribution in [0.4, 0.5) is 5.69 Å². The summed E-state index contributed by atoms with van der Waals surface area (Å²) in [5, 5.41) is 1.19.